The first-order valence-corrected chi connectivity index (χ1v) is 11.5. The zero-order valence-electron chi connectivity index (χ0n) is 20.1. The van der Waals surface area contributed by atoms with Crippen molar-refractivity contribution in [2.75, 3.05) is 20.2 Å². The lowest BCUT2D eigenvalue weighted by Gasteiger charge is -2.28. The van der Waals surface area contributed by atoms with Crippen LogP contribution in [0.15, 0.2) is 47.1 Å². The van der Waals surface area contributed by atoms with E-state index >= 15 is 0 Å². The molecular formula is C25H35N5O3. The molecule has 2 unspecified atom stereocenters. The number of carbonyl (C=O) groups excluding carboxylic acids is 1. The maximum absolute atomic E-state index is 12.5. The number of methoxy groups -OCH3 is 1. The van der Waals surface area contributed by atoms with Crippen LogP contribution in [0.25, 0.3) is 0 Å². The van der Waals surface area contributed by atoms with E-state index < -0.39 is 6.23 Å². The molecule has 8 heteroatoms. The second kappa shape index (κ2) is 11.2. The number of benzene rings is 1. The molecular weight excluding hydrogens is 418 g/mol. The van der Waals surface area contributed by atoms with Gasteiger partial charge in [0.1, 0.15) is 12.0 Å². The number of aryl methyl sites for hydroxylation is 1. The topological polar surface area (TPSA) is 101 Å². The highest BCUT2D eigenvalue weighted by Crippen LogP contribution is 2.37. The summed E-state index contributed by atoms with van der Waals surface area (Å²) in [5.41, 5.74) is 3.36. The Morgan fingerprint density at radius 1 is 1.33 bits per heavy atom. The molecule has 8 nitrogen and oxygen atoms in total. The fraction of sp³-hybridized carbons (Fsp3) is 0.480. The molecule has 0 aliphatic carbocycles. The first-order chi connectivity index (χ1) is 15.9. The Kier molecular flexibility index (Phi) is 8.41. The molecule has 0 saturated carbocycles. The number of allylic oxidation sites excluding steroid dienone is 1. The highest BCUT2D eigenvalue weighted by molar-refractivity contribution is 6.03. The van der Waals surface area contributed by atoms with E-state index in [-0.39, 0.29) is 18.4 Å². The third-order valence-electron chi connectivity index (χ3n) is 5.81. The largest absolute Gasteiger partial charge is 0.497 e. The van der Waals surface area contributed by atoms with Gasteiger partial charge >= 0.3 is 0 Å². The van der Waals surface area contributed by atoms with Crippen molar-refractivity contribution >= 4 is 17.4 Å². The zero-order chi connectivity index (χ0) is 24.0. The van der Waals surface area contributed by atoms with E-state index in [9.17, 15) is 9.90 Å². The highest BCUT2D eigenvalue weighted by Gasteiger charge is 2.32. The van der Waals surface area contributed by atoms with E-state index in [2.05, 4.69) is 29.6 Å². The number of hydrogen-bond acceptors (Lipinski definition) is 6. The average Bonchev–Trinajstić information content (AvgIpc) is 3.25. The first-order valence-electron chi connectivity index (χ1n) is 11.5. The molecule has 1 aromatic heterocycles. The number of carbonyl (C=O) groups is 1. The number of amides is 1. The minimum absolute atomic E-state index is 0.116. The number of rotatable bonds is 10. The average molecular weight is 454 g/mol. The van der Waals surface area contributed by atoms with Crippen LogP contribution in [-0.4, -0.2) is 52.9 Å². The predicted octanol–water partition coefficient (Wildman–Crippen LogP) is 3.15. The lowest BCUT2D eigenvalue weighted by atomic mass is 9.88. The molecule has 178 valence electrons. The Morgan fingerprint density at radius 3 is 2.67 bits per heavy atom. The monoisotopic (exact) mass is 453 g/mol. The molecule has 0 bridgehead atoms. The Labute approximate surface area is 195 Å². The summed E-state index contributed by atoms with van der Waals surface area (Å²) in [6, 6.07) is 7.76. The summed E-state index contributed by atoms with van der Waals surface area (Å²) in [4.78, 5) is 17.3. The quantitative estimate of drug-likeness (QED) is 0.379. The molecule has 1 aliphatic rings. The lowest BCUT2D eigenvalue weighted by Crippen LogP contribution is -2.40. The number of ether oxygens (including phenoxy) is 1. The van der Waals surface area contributed by atoms with Gasteiger partial charge in [-0.15, -0.1) is 0 Å². The zero-order valence-corrected chi connectivity index (χ0v) is 20.1. The van der Waals surface area contributed by atoms with E-state index in [1.54, 1.807) is 19.4 Å². The first kappa shape index (κ1) is 24.7. The summed E-state index contributed by atoms with van der Waals surface area (Å²) in [6.07, 6.45) is 3.25. The maximum Gasteiger partial charge on any atom is 0.248 e. The van der Waals surface area contributed by atoms with Gasteiger partial charge < -0.3 is 15.2 Å². The Balaban J connectivity index is 1.78. The van der Waals surface area contributed by atoms with E-state index in [0.29, 0.717) is 31.0 Å². The van der Waals surface area contributed by atoms with Gasteiger partial charge in [-0.3, -0.25) is 10.1 Å². The molecule has 2 heterocycles. The van der Waals surface area contributed by atoms with Gasteiger partial charge in [-0.05, 0) is 49.6 Å². The Hall–Kier alpha value is -2.97. The number of hydrogen-bond donors (Lipinski definition) is 3. The Morgan fingerprint density at radius 2 is 2.06 bits per heavy atom. The molecule has 2 atom stereocenters. The normalized spacial score (nSPS) is 16.9. The molecule has 3 N–H and O–H groups in total. The standard InChI is InChI=1S/C25H35N5O3/c1-6-17(24(31)26-13-16(3)4)14-27-25(32)20-12-22(18-8-10-19(33-5)11-9-18)29-23-21(20)15-28-30(23)7-2/h6,8-11,15-16,20,25,27,32H,7,12-14H2,1-5H3,(H,26,31). The van der Waals surface area contributed by atoms with Crippen LogP contribution in [0.4, 0.5) is 5.82 Å². The van der Waals surface area contributed by atoms with Crippen LogP contribution in [0.3, 0.4) is 0 Å². The third kappa shape index (κ3) is 5.89. The summed E-state index contributed by atoms with van der Waals surface area (Å²) in [5.74, 6) is 1.56. The number of nitrogens with zero attached hydrogens (tertiary/aromatic N) is 3. The van der Waals surface area contributed by atoms with Crippen LogP contribution < -0.4 is 15.4 Å². The van der Waals surface area contributed by atoms with Gasteiger partial charge in [0.25, 0.3) is 0 Å². The molecule has 33 heavy (non-hydrogen) atoms. The summed E-state index contributed by atoms with van der Waals surface area (Å²) < 4.78 is 7.11. The van der Waals surface area contributed by atoms with Gasteiger partial charge in [0, 0.05) is 43.1 Å². The van der Waals surface area contributed by atoms with Crippen molar-refractivity contribution in [1.82, 2.24) is 20.4 Å². The summed E-state index contributed by atoms with van der Waals surface area (Å²) in [6.45, 7) is 9.52. The number of nitrogens with one attached hydrogen (secondary N) is 2. The molecule has 1 aliphatic heterocycles. The van der Waals surface area contributed by atoms with Gasteiger partial charge in [0.15, 0.2) is 5.82 Å². The van der Waals surface area contributed by atoms with Gasteiger partial charge in [-0.25, -0.2) is 9.67 Å². The SMILES string of the molecule is CC=C(CNC(O)C1CC(c2ccc(OC)cc2)=Nc2c1cnn2CC)C(=O)NCC(C)C. The fourth-order valence-electron chi connectivity index (χ4n) is 3.83. The summed E-state index contributed by atoms with van der Waals surface area (Å²) in [7, 11) is 1.64. The van der Waals surface area contributed by atoms with Crippen molar-refractivity contribution in [3.05, 3.63) is 53.2 Å². The Bertz CT molecular complexity index is 1010. The minimum Gasteiger partial charge on any atom is -0.497 e. The minimum atomic E-state index is -0.866. The van der Waals surface area contributed by atoms with E-state index in [0.717, 1.165) is 28.4 Å². The molecule has 0 radical (unpaired) electrons. The van der Waals surface area contributed by atoms with Crippen LogP contribution in [0.1, 0.15) is 51.2 Å². The third-order valence-corrected chi connectivity index (χ3v) is 5.81. The van der Waals surface area contributed by atoms with Crippen LogP contribution >= 0.6 is 0 Å². The molecule has 0 fully saturated rings. The van der Waals surface area contributed by atoms with Gasteiger partial charge in [0.2, 0.25) is 5.91 Å². The van der Waals surface area contributed by atoms with E-state index in [1.165, 1.54) is 0 Å². The summed E-state index contributed by atoms with van der Waals surface area (Å²) >= 11 is 0. The predicted molar refractivity (Wildman–Crippen MR) is 130 cm³/mol. The van der Waals surface area contributed by atoms with Crippen molar-refractivity contribution < 1.29 is 14.6 Å². The number of fused-ring (bicyclic) bond motifs is 1. The molecule has 1 amide bonds. The molecule has 0 saturated heterocycles. The van der Waals surface area contributed by atoms with Crippen LogP contribution in [0, 0.1) is 5.92 Å². The molecule has 2 aromatic rings. The van der Waals surface area contributed by atoms with Crippen molar-refractivity contribution in [1.29, 1.82) is 0 Å². The second-order valence-corrected chi connectivity index (χ2v) is 8.58. The molecule has 0 spiro atoms. The number of aliphatic hydroxyl groups excluding tert-OH is 1. The fourth-order valence-corrected chi connectivity index (χ4v) is 3.83. The van der Waals surface area contributed by atoms with Crippen LogP contribution in [-0.2, 0) is 11.3 Å². The van der Waals surface area contributed by atoms with E-state index in [4.69, 9.17) is 9.73 Å². The van der Waals surface area contributed by atoms with Crippen LogP contribution in [0.5, 0.6) is 5.75 Å². The number of aromatic nitrogens is 2. The molecule has 1 aromatic carbocycles. The second-order valence-electron chi connectivity index (χ2n) is 8.58. The van der Waals surface area contributed by atoms with Crippen molar-refractivity contribution in [3.63, 3.8) is 0 Å². The molecule has 3 rings (SSSR count). The lowest BCUT2D eigenvalue weighted by molar-refractivity contribution is -0.117. The highest BCUT2D eigenvalue weighted by atomic mass is 16.5. The smallest absolute Gasteiger partial charge is 0.248 e. The van der Waals surface area contributed by atoms with Crippen molar-refractivity contribution in [2.45, 2.75) is 52.8 Å². The maximum atomic E-state index is 12.5. The van der Waals surface area contributed by atoms with Crippen LogP contribution in [0.2, 0.25) is 0 Å². The van der Waals surface area contributed by atoms with E-state index in [1.807, 2.05) is 42.8 Å². The summed E-state index contributed by atoms with van der Waals surface area (Å²) in [5, 5.41) is 21.6. The number of aliphatic imine (C=N–C) groups is 1. The number of aliphatic hydroxyl groups is 1. The van der Waals surface area contributed by atoms with Gasteiger partial charge in [0.05, 0.1) is 19.0 Å². The van der Waals surface area contributed by atoms with Crippen molar-refractivity contribution in [3.8, 4) is 5.75 Å². The van der Waals surface area contributed by atoms with Crippen molar-refractivity contribution in [2.24, 2.45) is 10.9 Å². The van der Waals surface area contributed by atoms with Gasteiger partial charge in [-0.1, -0.05) is 19.9 Å². The van der Waals surface area contributed by atoms with Gasteiger partial charge in [-0.2, -0.15) is 5.10 Å².